The molecule has 0 spiro atoms. The minimum atomic E-state index is -0.526. The summed E-state index contributed by atoms with van der Waals surface area (Å²) in [5.74, 6) is 1.03. The Kier molecular flexibility index (Phi) is 6.59. The predicted octanol–water partition coefficient (Wildman–Crippen LogP) is 3.80. The van der Waals surface area contributed by atoms with Crippen LogP contribution in [0.4, 0.5) is 15.0 Å². The molecule has 2 aromatic rings. The third-order valence-corrected chi connectivity index (χ3v) is 7.68. The van der Waals surface area contributed by atoms with Crippen LogP contribution >= 0.6 is 0 Å². The number of likely N-dealkylation sites (N-methyl/N-ethyl adjacent to an activating group) is 1. The SMILES string of the molecule is CN(C)CCNc1cccc(OC(=O)NC23CC4CC(C2)CC(NC(=O)c2cccc(F)c2)(C4)C3)n1. The summed E-state index contributed by atoms with van der Waals surface area (Å²) in [6.45, 7) is 1.58. The second kappa shape index (κ2) is 9.69. The van der Waals surface area contributed by atoms with E-state index in [9.17, 15) is 14.0 Å². The number of amides is 2. The smallest absolute Gasteiger partial charge is 0.391 e. The number of aromatic nitrogens is 1. The Morgan fingerprint density at radius 1 is 1.06 bits per heavy atom. The molecule has 4 saturated carbocycles. The average molecular weight is 496 g/mol. The third-order valence-electron chi connectivity index (χ3n) is 7.68. The molecule has 2 unspecified atom stereocenters. The molecule has 4 bridgehead atoms. The monoisotopic (exact) mass is 495 g/mol. The van der Waals surface area contributed by atoms with Gasteiger partial charge in [-0.15, -0.1) is 0 Å². The summed E-state index contributed by atoms with van der Waals surface area (Å²) in [6.07, 6.45) is 4.73. The Labute approximate surface area is 211 Å². The molecule has 1 aromatic heterocycles. The Morgan fingerprint density at radius 3 is 2.44 bits per heavy atom. The van der Waals surface area contributed by atoms with Gasteiger partial charge in [-0.1, -0.05) is 12.1 Å². The Hall–Kier alpha value is -3.20. The highest BCUT2D eigenvalue weighted by molar-refractivity contribution is 5.94. The number of pyridine rings is 1. The predicted molar refractivity (Wildman–Crippen MR) is 134 cm³/mol. The van der Waals surface area contributed by atoms with E-state index in [-0.39, 0.29) is 11.8 Å². The van der Waals surface area contributed by atoms with Crippen molar-refractivity contribution in [3.63, 3.8) is 0 Å². The maximum atomic E-state index is 13.7. The number of carbonyl (C=O) groups excluding carboxylic acids is 2. The highest BCUT2D eigenvalue weighted by Crippen LogP contribution is 2.57. The molecule has 9 heteroatoms. The van der Waals surface area contributed by atoms with Gasteiger partial charge in [-0.3, -0.25) is 4.79 Å². The van der Waals surface area contributed by atoms with E-state index in [0.717, 1.165) is 45.2 Å². The van der Waals surface area contributed by atoms with Crippen LogP contribution in [0.15, 0.2) is 42.5 Å². The lowest BCUT2D eigenvalue weighted by Gasteiger charge is -2.62. The van der Waals surface area contributed by atoms with Gasteiger partial charge in [0.2, 0.25) is 5.88 Å². The summed E-state index contributed by atoms with van der Waals surface area (Å²) < 4.78 is 19.3. The fourth-order valence-corrected chi connectivity index (χ4v) is 6.81. The molecule has 192 valence electrons. The topological polar surface area (TPSA) is 95.6 Å². The van der Waals surface area contributed by atoms with Crippen molar-refractivity contribution >= 4 is 17.8 Å². The number of nitrogens with one attached hydrogen (secondary N) is 3. The number of hydrogen-bond acceptors (Lipinski definition) is 6. The van der Waals surface area contributed by atoms with E-state index in [2.05, 4.69) is 25.8 Å². The standard InChI is InChI=1S/C27H34FN5O3/c1-33(2)10-9-29-22-7-4-8-23(30-22)36-25(35)32-27-15-18-11-19(16-27)14-26(13-18,17-27)31-24(34)20-5-3-6-21(28)12-20/h3-8,12,18-19H,9-11,13-17H2,1-2H3,(H,29,30)(H,31,34)(H,32,35). The summed E-state index contributed by atoms with van der Waals surface area (Å²) in [7, 11) is 4.00. The molecule has 2 atom stereocenters. The van der Waals surface area contributed by atoms with Gasteiger partial charge in [-0.2, -0.15) is 4.98 Å². The van der Waals surface area contributed by atoms with Crippen LogP contribution in [0.3, 0.4) is 0 Å². The van der Waals surface area contributed by atoms with E-state index in [1.54, 1.807) is 24.3 Å². The van der Waals surface area contributed by atoms with Crippen LogP contribution in [-0.4, -0.2) is 60.1 Å². The zero-order chi connectivity index (χ0) is 25.3. The summed E-state index contributed by atoms with van der Waals surface area (Å²) in [5.41, 5.74) is -0.523. The molecule has 0 radical (unpaired) electrons. The number of anilines is 1. The van der Waals surface area contributed by atoms with E-state index in [0.29, 0.717) is 29.6 Å². The van der Waals surface area contributed by atoms with Crippen LogP contribution in [-0.2, 0) is 0 Å². The average Bonchev–Trinajstić information content (AvgIpc) is 2.77. The number of benzene rings is 1. The molecule has 0 aliphatic heterocycles. The zero-order valence-electron chi connectivity index (χ0n) is 20.9. The van der Waals surface area contributed by atoms with Crippen LogP contribution in [0.5, 0.6) is 5.88 Å². The number of hydrogen-bond donors (Lipinski definition) is 3. The number of rotatable bonds is 8. The van der Waals surface area contributed by atoms with E-state index < -0.39 is 23.0 Å². The van der Waals surface area contributed by atoms with Crippen LogP contribution in [0.2, 0.25) is 0 Å². The molecule has 2 amide bonds. The van der Waals surface area contributed by atoms with E-state index >= 15 is 0 Å². The first-order valence-electron chi connectivity index (χ1n) is 12.7. The van der Waals surface area contributed by atoms with E-state index in [1.165, 1.54) is 12.1 Å². The highest BCUT2D eigenvalue weighted by atomic mass is 19.1. The fourth-order valence-electron chi connectivity index (χ4n) is 6.81. The van der Waals surface area contributed by atoms with Gasteiger partial charge in [0, 0.05) is 35.8 Å². The Bertz CT molecular complexity index is 1130. The second-order valence-corrected chi connectivity index (χ2v) is 11.1. The Balaban J connectivity index is 1.24. The van der Waals surface area contributed by atoms with Crippen LogP contribution in [0.25, 0.3) is 0 Å². The summed E-state index contributed by atoms with van der Waals surface area (Å²) in [5, 5.41) is 9.62. The summed E-state index contributed by atoms with van der Waals surface area (Å²) >= 11 is 0. The van der Waals surface area contributed by atoms with Crippen molar-refractivity contribution in [1.82, 2.24) is 20.5 Å². The lowest BCUT2D eigenvalue weighted by molar-refractivity contribution is -0.0449. The van der Waals surface area contributed by atoms with Gasteiger partial charge in [-0.25, -0.2) is 9.18 Å². The molecule has 4 fully saturated rings. The molecule has 6 rings (SSSR count). The van der Waals surface area contributed by atoms with Gasteiger partial charge < -0.3 is 25.6 Å². The first-order chi connectivity index (χ1) is 17.2. The first kappa shape index (κ1) is 24.5. The molecule has 1 heterocycles. The van der Waals surface area contributed by atoms with Crippen molar-refractivity contribution in [1.29, 1.82) is 0 Å². The largest absolute Gasteiger partial charge is 0.414 e. The number of halogens is 1. The molecule has 3 N–H and O–H groups in total. The van der Waals surface area contributed by atoms with Gasteiger partial charge >= 0.3 is 6.09 Å². The molecule has 1 aromatic carbocycles. The molecule has 0 saturated heterocycles. The fraction of sp³-hybridized carbons (Fsp3) is 0.519. The highest BCUT2D eigenvalue weighted by Gasteiger charge is 2.59. The molecule has 36 heavy (non-hydrogen) atoms. The van der Waals surface area contributed by atoms with Crippen LogP contribution in [0.1, 0.15) is 48.9 Å². The quantitative estimate of drug-likeness (QED) is 0.516. The van der Waals surface area contributed by atoms with Crippen molar-refractivity contribution in [3.05, 3.63) is 53.8 Å². The van der Waals surface area contributed by atoms with Crippen LogP contribution in [0, 0.1) is 17.7 Å². The maximum absolute atomic E-state index is 13.7. The lowest BCUT2D eigenvalue weighted by Crippen LogP contribution is -2.70. The normalized spacial score (nSPS) is 28.1. The first-order valence-corrected chi connectivity index (χ1v) is 12.7. The molecule has 4 aliphatic rings. The molecule has 8 nitrogen and oxygen atoms in total. The van der Waals surface area contributed by atoms with Crippen molar-refractivity contribution in [3.8, 4) is 5.88 Å². The third kappa shape index (κ3) is 5.46. The summed E-state index contributed by atoms with van der Waals surface area (Å²) in [6, 6.07) is 11.1. The number of nitrogens with zero attached hydrogens (tertiary/aromatic N) is 2. The second-order valence-electron chi connectivity index (χ2n) is 11.1. The van der Waals surface area contributed by atoms with Crippen LogP contribution < -0.4 is 20.7 Å². The number of ether oxygens (including phenoxy) is 1. The maximum Gasteiger partial charge on any atom is 0.414 e. The van der Waals surface area contributed by atoms with Crippen molar-refractivity contribution < 1.29 is 18.7 Å². The Morgan fingerprint density at radius 2 is 1.75 bits per heavy atom. The molecule has 4 aliphatic carbocycles. The lowest BCUT2D eigenvalue weighted by atomic mass is 9.50. The van der Waals surface area contributed by atoms with Gasteiger partial charge in [-0.05, 0) is 88.7 Å². The van der Waals surface area contributed by atoms with Gasteiger partial charge in [0.25, 0.3) is 5.91 Å². The van der Waals surface area contributed by atoms with Crippen molar-refractivity contribution in [2.75, 3.05) is 32.5 Å². The number of carbonyl (C=O) groups is 2. The van der Waals surface area contributed by atoms with Crippen molar-refractivity contribution in [2.45, 2.75) is 49.6 Å². The van der Waals surface area contributed by atoms with Gasteiger partial charge in [0.05, 0.1) is 0 Å². The molecular weight excluding hydrogens is 461 g/mol. The van der Waals surface area contributed by atoms with Gasteiger partial charge in [0.15, 0.2) is 0 Å². The minimum absolute atomic E-state index is 0.237. The summed E-state index contributed by atoms with van der Waals surface area (Å²) in [4.78, 5) is 32.4. The van der Waals surface area contributed by atoms with E-state index in [4.69, 9.17) is 4.74 Å². The van der Waals surface area contributed by atoms with E-state index in [1.807, 2.05) is 20.2 Å². The molecular formula is C27H34FN5O3. The zero-order valence-corrected chi connectivity index (χ0v) is 20.9. The minimum Gasteiger partial charge on any atom is -0.391 e. The van der Waals surface area contributed by atoms with Gasteiger partial charge in [0.1, 0.15) is 11.6 Å². The van der Waals surface area contributed by atoms with Crippen molar-refractivity contribution in [2.24, 2.45) is 11.8 Å².